The molecule has 12 heavy (non-hydrogen) atoms. The summed E-state index contributed by atoms with van der Waals surface area (Å²) in [4.78, 5) is 0. The molecule has 2 heteroatoms. The van der Waals surface area contributed by atoms with Gasteiger partial charge in [0.1, 0.15) is 0 Å². The van der Waals surface area contributed by atoms with Crippen LogP contribution in [-0.2, 0) is 0 Å². The largest absolute Gasteiger partial charge is 0.388 e. The minimum atomic E-state index is -0.305. The van der Waals surface area contributed by atoms with Gasteiger partial charge in [-0.15, -0.1) is 0 Å². The maximum atomic E-state index is 9.62. The number of nitrogens with two attached hydrogens (primary N) is 1. The molecule has 0 amide bonds. The van der Waals surface area contributed by atoms with Crippen molar-refractivity contribution in [2.75, 3.05) is 0 Å². The predicted molar refractivity (Wildman–Crippen MR) is 47.6 cm³/mol. The third kappa shape index (κ3) is 1.13. The smallest absolute Gasteiger partial charge is 0.0794 e. The second kappa shape index (κ2) is 2.88. The second-order valence-electron chi connectivity index (χ2n) is 3.33. The van der Waals surface area contributed by atoms with E-state index in [1.807, 2.05) is 24.3 Å². The van der Waals surface area contributed by atoms with Gasteiger partial charge in [0.05, 0.1) is 6.10 Å². The van der Waals surface area contributed by atoms with Crippen molar-refractivity contribution in [3.63, 3.8) is 0 Å². The van der Waals surface area contributed by atoms with Gasteiger partial charge in [-0.2, -0.15) is 0 Å². The van der Waals surface area contributed by atoms with Gasteiger partial charge in [0.15, 0.2) is 0 Å². The van der Waals surface area contributed by atoms with Crippen LogP contribution in [0.4, 0.5) is 0 Å². The van der Waals surface area contributed by atoms with E-state index in [9.17, 15) is 5.11 Å². The third-order valence-electron chi connectivity index (χ3n) is 2.51. The fourth-order valence-corrected chi connectivity index (χ4v) is 1.80. The zero-order valence-electron chi connectivity index (χ0n) is 6.90. The molecule has 0 spiro atoms. The van der Waals surface area contributed by atoms with Gasteiger partial charge in [-0.1, -0.05) is 24.3 Å². The Balaban J connectivity index is 2.47. The van der Waals surface area contributed by atoms with Gasteiger partial charge >= 0.3 is 0 Å². The lowest BCUT2D eigenvalue weighted by Crippen LogP contribution is -2.20. The summed E-state index contributed by atoms with van der Waals surface area (Å²) in [5.74, 6) is 0. The highest BCUT2D eigenvalue weighted by molar-refractivity contribution is 5.33. The second-order valence-corrected chi connectivity index (χ2v) is 3.33. The summed E-state index contributed by atoms with van der Waals surface area (Å²) in [7, 11) is 0. The van der Waals surface area contributed by atoms with Gasteiger partial charge in [-0.05, 0) is 24.0 Å². The summed E-state index contributed by atoms with van der Waals surface area (Å²) in [6, 6.07) is 7.99. The van der Waals surface area contributed by atoms with E-state index >= 15 is 0 Å². The highest BCUT2D eigenvalue weighted by Crippen LogP contribution is 2.33. The highest BCUT2D eigenvalue weighted by atomic mass is 16.3. The number of rotatable bonds is 0. The van der Waals surface area contributed by atoms with Crippen molar-refractivity contribution in [1.29, 1.82) is 0 Å². The summed E-state index contributed by atoms with van der Waals surface area (Å²) in [6.45, 7) is 0. The van der Waals surface area contributed by atoms with E-state index in [1.54, 1.807) is 0 Å². The van der Waals surface area contributed by atoms with Crippen molar-refractivity contribution in [2.45, 2.75) is 25.0 Å². The summed E-state index contributed by atoms with van der Waals surface area (Å²) in [5.41, 5.74) is 8.02. The van der Waals surface area contributed by atoms with E-state index in [4.69, 9.17) is 5.73 Å². The minimum absolute atomic E-state index is 0.115. The molecule has 0 unspecified atom stereocenters. The first kappa shape index (κ1) is 7.77. The standard InChI is InChI=1S/C10H13NO/c11-9-5-6-10(12)8-4-2-1-3-7(8)9/h1-4,9-10,12H,5-6,11H2/t9-,10-/m0/s1. The van der Waals surface area contributed by atoms with Crippen LogP contribution >= 0.6 is 0 Å². The van der Waals surface area contributed by atoms with Gasteiger partial charge < -0.3 is 10.8 Å². The molecule has 1 aromatic rings. The molecule has 0 saturated carbocycles. The molecule has 0 radical (unpaired) electrons. The summed E-state index contributed by atoms with van der Waals surface area (Å²) >= 11 is 0. The third-order valence-corrected chi connectivity index (χ3v) is 2.51. The van der Waals surface area contributed by atoms with Crippen molar-refractivity contribution >= 4 is 0 Å². The summed E-state index contributed by atoms with van der Waals surface area (Å²) in [6.07, 6.45) is 1.37. The number of hydrogen-bond acceptors (Lipinski definition) is 2. The SMILES string of the molecule is N[C@H]1CC[C@H](O)c2ccccc21. The monoisotopic (exact) mass is 163 g/mol. The molecule has 2 atom stereocenters. The highest BCUT2D eigenvalue weighted by Gasteiger charge is 2.22. The number of aliphatic hydroxyl groups excluding tert-OH is 1. The first-order valence-corrected chi connectivity index (χ1v) is 4.31. The van der Waals surface area contributed by atoms with Crippen LogP contribution in [0.25, 0.3) is 0 Å². The zero-order valence-corrected chi connectivity index (χ0v) is 6.90. The van der Waals surface area contributed by atoms with Gasteiger partial charge in [0, 0.05) is 6.04 Å². The topological polar surface area (TPSA) is 46.2 Å². The molecule has 64 valence electrons. The fraction of sp³-hybridized carbons (Fsp3) is 0.400. The molecule has 0 heterocycles. The number of benzene rings is 1. The van der Waals surface area contributed by atoms with Crippen LogP contribution in [0.15, 0.2) is 24.3 Å². The Hall–Kier alpha value is -0.860. The molecule has 2 rings (SSSR count). The van der Waals surface area contributed by atoms with E-state index < -0.39 is 0 Å². The van der Waals surface area contributed by atoms with E-state index in [-0.39, 0.29) is 12.1 Å². The molecule has 0 aliphatic heterocycles. The molecule has 1 aliphatic carbocycles. The van der Waals surface area contributed by atoms with Crippen molar-refractivity contribution in [2.24, 2.45) is 5.73 Å². The van der Waals surface area contributed by atoms with Crippen LogP contribution in [0.3, 0.4) is 0 Å². The minimum Gasteiger partial charge on any atom is -0.388 e. The lowest BCUT2D eigenvalue weighted by molar-refractivity contribution is 0.151. The van der Waals surface area contributed by atoms with Crippen LogP contribution < -0.4 is 5.73 Å². The summed E-state index contributed by atoms with van der Waals surface area (Å²) < 4.78 is 0. The Bertz CT molecular complexity index is 256. The maximum absolute atomic E-state index is 9.62. The first-order valence-electron chi connectivity index (χ1n) is 4.31. The molecule has 1 aromatic carbocycles. The van der Waals surface area contributed by atoms with Gasteiger partial charge in [-0.3, -0.25) is 0 Å². The van der Waals surface area contributed by atoms with E-state index in [0.717, 1.165) is 24.0 Å². The van der Waals surface area contributed by atoms with E-state index in [1.165, 1.54) is 0 Å². The first-order chi connectivity index (χ1) is 5.79. The molecule has 0 fully saturated rings. The number of aliphatic hydroxyl groups is 1. The average molecular weight is 163 g/mol. The van der Waals surface area contributed by atoms with Crippen LogP contribution in [0, 0.1) is 0 Å². The molecule has 0 aromatic heterocycles. The Kier molecular flexibility index (Phi) is 1.87. The van der Waals surface area contributed by atoms with Gasteiger partial charge in [-0.25, -0.2) is 0 Å². The molecular formula is C10H13NO. The Labute approximate surface area is 72.0 Å². The fourth-order valence-electron chi connectivity index (χ4n) is 1.80. The van der Waals surface area contributed by atoms with Crippen LogP contribution in [0.1, 0.15) is 36.1 Å². The van der Waals surface area contributed by atoms with Crippen molar-refractivity contribution in [3.8, 4) is 0 Å². The van der Waals surface area contributed by atoms with Crippen LogP contribution in [0.5, 0.6) is 0 Å². The van der Waals surface area contributed by atoms with Crippen molar-refractivity contribution in [3.05, 3.63) is 35.4 Å². The molecule has 1 aliphatic rings. The number of fused-ring (bicyclic) bond motifs is 1. The molecule has 2 nitrogen and oxygen atoms in total. The number of hydrogen-bond donors (Lipinski definition) is 2. The van der Waals surface area contributed by atoms with Crippen LogP contribution in [0.2, 0.25) is 0 Å². The maximum Gasteiger partial charge on any atom is 0.0794 e. The lowest BCUT2D eigenvalue weighted by atomic mass is 9.86. The molecule has 3 N–H and O–H groups in total. The lowest BCUT2D eigenvalue weighted by Gasteiger charge is -2.25. The molecule has 0 bridgehead atoms. The Morgan fingerprint density at radius 3 is 2.50 bits per heavy atom. The quantitative estimate of drug-likeness (QED) is 0.609. The van der Waals surface area contributed by atoms with E-state index in [2.05, 4.69) is 0 Å². The average Bonchev–Trinajstić information content (AvgIpc) is 2.12. The van der Waals surface area contributed by atoms with Crippen molar-refractivity contribution < 1.29 is 5.11 Å². The molecular weight excluding hydrogens is 150 g/mol. The van der Waals surface area contributed by atoms with Gasteiger partial charge in [0.2, 0.25) is 0 Å². The van der Waals surface area contributed by atoms with Crippen molar-refractivity contribution in [1.82, 2.24) is 0 Å². The van der Waals surface area contributed by atoms with Crippen LogP contribution in [-0.4, -0.2) is 5.11 Å². The normalized spacial score (nSPS) is 28.2. The van der Waals surface area contributed by atoms with E-state index in [0.29, 0.717) is 0 Å². The van der Waals surface area contributed by atoms with Gasteiger partial charge in [0.25, 0.3) is 0 Å². The Morgan fingerprint density at radius 1 is 1.17 bits per heavy atom. The zero-order chi connectivity index (χ0) is 8.55. The molecule has 0 saturated heterocycles. The summed E-state index contributed by atoms with van der Waals surface area (Å²) in [5, 5.41) is 9.62. The Morgan fingerprint density at radius 2 is 1.83 bits per heavy atom. The predicted octanol–water partition coefficient (Wildman–Crippen LogP) is 1.51.